The summed E-state index contributed by atoms with van der Waals surface area (Å²) in [6.45, 7) is -0.117. The lowest BCUT2D eigenvalue weighted by Crippen LogP contribution is -2.13. The molecule has 0 saturated carbocycles. The van der Waals surface area contributed by atoms with E-state index in [4.69, 9.17) is 21.1 Å². The standard InChI is InChI=1S/C22H18ClNO4/c1-27-17-11-9-15(10-12-17)21(25)14-28-18-6-4-5-16(13-18)24-22(26)19-7-2-3-8-20(19)23/h2-13H,14H2,1H3,(H,24,26). The Morgan fingerprint density at radius 2 is 1.68 bits per heavy atom. The van der Waals surface area contributed by atoms with Crippen molar-refractivity contribution in [3.63, 3.8) is 0 Å². The molecular formula is C22H18ClNO4. The van der Waals surface area contributed by atoms with Crippen LogP contribution in [-0.4, -0.2) is 25.4 Å². The number of ether oxygens (including phenoxy) is 2. The van der Waals surface area contributed by atoms with Gasteiger partial charge in [0.2, 0.25) is 0 Å². The van der Waals surface area contributed by atoms with E-state index < -0.39 is 0 Å². The number of rotatable bonds is 7. The smallest absolute Gasteiger partial charge is 0.257 e. The van der Waals surface area contributed by atoms with Crippen LogP contribution in [0.25, 0.3) is 0 Å². The fourth-order valence-electron chi connectivity index (χ4n) is 2.52. The molecule has 0 bridgehead atoms. The largest absolute Gasteiger partial charge is 0.497 e. The molecule has 1 N–H and O–H groups in total. The van der Waals surface area contributed by atoms with Crippen LogP contribution in [0.3, 0.4) is 0 Å². The van der Waals surface area contributed by atoms with E-state index in [0.717, 1.165) is 0 Å². The number of carbonyl (C=O) groups is 2. The maximum absolute atomic E-state index is 12.3. The minimum atomic E-state index is -0.322. The number of nitrogens with one attached hydrogen (secondary N) is 1. The number of methoxy groups -OCH3 is 1. The molecule has 0 aromatic heterocycles. The Balaban J connectivity index is 1.62. The van der Waals surface area contributed by atoms with Crippen molar-refractivity contribution in [1.82, 2.24) is 0 Å². The van der Waals surface area contributed by atoms with Gasteiger partial charge in [0.05, 0.1) is 17.7 Å². The molecule has 0 unspecified atom stereocenters. The van der Waals surface area contributed by atoms with Crippen LogP contribution in [0.5, 0.6) is 11.5 Å². The van der Waals surface area contributed by atoms with Gasteiger partial charge < -0.3 is 14.8 Å². The van der Waals surface area contributed by atoms with Gasteiger partial charge in [-0.15, -0.1) is 0 Å². The number of ketones is 1. The molecule has 0 aliphatic heterocycles. The van der Waals surface area contributed by atoms with Crippen LogP contribution < -0.4 is 14.8 Å². The molecule has 0 aliphatic carbocycles. The van der Waals surface area contributed by atoms with Crippen molar-refractivity contribution in [1.29, 1.82) is 0 Å². The monoisotopic (exact) mass is 395 g/mol. The van der Waals surface area contributed by atoms with E-state index in [1.54, 1.807) is 79.9 Å². The second-order valence-corrected chi connectivity index (χ2v) is 6.31. The molecule has 0 spiro atoms. The van der Waals surface area contributed by atoms with Gasteiger partial charge >= 0.3 is 0 Å². The van der Waals surface area contributed by atoms with Gasteiger partial charge in [-0.2, -0.15) is 0 Å². The third kappa shape index (κ3) is 4.90. The van der Waals surface area contributed by atoms with Crippen molar-refractivity contribution in [2.24, 2.45) is 0 Å². The van der Waals surface area contributed by atoms with Crippen LogP contribution >= 0.6 is 11.6 Å². The predicted octanol–water partition coefficient (Wildman–Crippen LogP) is 4.86. The zero-order chi connectivity index (χ0) is 19.9. The first-order chi connectivity index (χ1) is 13.6. The number of hydrogen-bond acceptors (Lipinski definition) is 4. The molecule has 3 rings (SSSR count). The third-order valence-corrected chi connectivity index (χ3v) is 4.32. The summed E-state index contributed by atoms with van der Waals surface area (Å²) < 4.78 is 10.6. The minimum absolute atomic E-state index is 0.117. The maximum Gasteiger partial charge on any atom is 0.257 e. The quantitative estimate of drug-likeness (QED) is 0.580. The van der Waals surface area contributed by atoms with E-state index in [1.165, 1.54) is 0 Å². The fourth-order valence-corrected chi connectivity index (χ4v) is 2.74. The number of hydrogen-bond donors (Lipinski definition) is 1. The first-order valence-corrected chi connectivity index (χ1v) is 8.90. The van der Waals surface area contributed by atoms with Gasteiger partial charge in [-0.25, -0.2) is 0 Å². The normalized spacial score (nSPS) is 10.2. The molecule has 28 heavy (non-hydrogen) atoms. The number of carbonyl (C=O) groups excluding carboxylic acids is 2. The molecular weight excluding hydrogens is 378 g/mol. The highest BCUT2D eigenvalue weighted by Gasteiger charge is 2.11. The predicted molar refractivity (Wildman–Crippen MR) is 109 cm³/mol. The van der Waals surface area contributed by atoms with E-state index in [-0.39, 0.29) is 18.3 Å². The van der Waals surface area contributed by atoms with Gasteiger partial charge in [-0.05, 0) is 48.5 Å². The summed E-state index contributed by atoms with van der Waals surface area (Å²) in [4.78, 5) is 24.6. The fraction of sp³-hybridized carbons (Fsp3) is 0.0909. The topological polar surface area (TPSA) is 64.6 Å². The molecule has 0 saturated heterocycles. The summed E-state index contributed by atoms with van der Waals surface area (Å²) in [7, 11) is 1.57. The van der Waals surface area contributed by atoms with Crippen molar-refractivity contribution in [3.05, 3.63) is 88.9 Å². The van der Waals surface area contributed by atoms with Crippen LogP contribution in [0.4, 0.5) is 5.69 Å². The summed E-state index contributed by atoms with van der Waals surface area (Å²) in [5.74, 6) is 0.670. The van der Waals surface area contributed by atoms with Crippen molar-refractivity contribution in [2.75, 3.05) is 19.0 Å². The van der Waals surface area contributed by atoms with Crippen molar-refractivity contribution in [3.8, 4) is 11.5 Å². The maximum atomic E-state index is 12.3. The Morgan fingerprint density at radius 3 is 2.39 bits per heavy atom. The highest BCUT2D eigenvalue weighted by molar-refractivity contribution is 6.34. The molecule has 0 fully saturated rings. The number of anilines is 1. The lowest BCUT2D eigenvalue weighted by molar-refractivity contribution is 0.0920. The van der Waals surface area contributed by atoms with Gasteiger partial charge in [-0.1, -0.05) is 29.8 Å². The SMILES string of the molecule is COc1ccc(C(=O)COc2cccc(NC(=O)c3ccccc3Cl)c2)cc1. The van der Waals surface area contributed by atoms with E-state index in [9.17, 15) is 9.59 Å². The van der Waals surface area contributed by atoms with Gasteiger partial charge in [0.25, 0.3) is 5.91 Å². The number of amides is 1. The summed E-state index contributed by atoms with van der Waals surface area (Å²) in [6, 6.07) is 20.4. The molecule has 0 atom stereocenters. The minimum Gasteiger partial charge on any atom is -0.497 e. The van der Waals surface area contributed by atoms with Gasteiger partial charge in [-0.3, -0.25) is 9.59 Å². The van der Waals surface area contributed by atoms with E-state index in [0.29, 0.717) is 33.3 Å². The van der Waals surface area contributed by atoms with Crippen LogP contribution in [0, 0.1) is 0 Å². The molecule has 0 radical (unpaired) electrons. The third-order valence-electron chi connectivity index (χ3n) is 3.99. The Bertz CT molecular complexity index is 986. The lowest BCUT2D eigenvalue weighted by atomic mass is 10.1. The average Bonchev–Trinajstić information content (AvgIpc) is 2.72. The molecule has 0 aliphatic rings. The van der Waals surface area contributed by atoms with Gasteiger partial charge in [0, 0.05) is 17.3 Å². The summed E-state index contributed by atoms with van der Waals surface area (Å²) in [5.41, 5.74) is 1.45. The van der Waals surface area contributed by atoms with Crippen molar-refractivity contribution in [2.45, 2.75) is 0 Å². The van der Waals surface area contributed by atoms with Crippen LogP contribution in [-0.2, 0) is 0 Å². The van der Waals surface area contributed by atoms with Crippen LogP contribution in [0.15, 0.2) is 72.8 Å². The highest BCUT2D eigenvalue weighted by Crippen LogP contribution is 2.21. The Labute approximate surface area is 167 Å². The average molecular weight is 396 g/mol. The zero-order valence-electron chi connectivity index (χ0n) is 15.1. The Hall–Kier alpha value is -3.31. The molecule has 3 aromatic carbocycles. The molecule has 0 heterocycles. The molecule has 6 heteroatoms. The number of halogens is 1. The van der Waals surface area contributed by atoms with Crippen molar-refractivity contribution < 1.29 is 19.1 Å². The Kier molecular flexibility index (Phi) is 6.29. The molecule has 5 nitrogen and oxygen atoms in total. The summed E-state index contributed by atoms with van der Waals surface area (Å²) >= 11 is 6.05. The summed E-state index contributed by atoms with van der Waals surface area (Å²) in [6.07, 6.45) is 0. The number of Topliss-reactive ketones (excluding diaryl/α,β-unsaturated/α-hetero) is 1. The first-order valence-electron chi connectivity index (χ1n) is 8.53. The molecule has 142 valence electrons. The Morgan fingerprint density at radius 1 is 0.929 bits per heavy atom. The van der Waals surface area contributed by atoms with E-state index in [2.05, 4.69) is 5.32 Å². The molecule has 1 amide bonds. The van der Waals surface area contributed by atoms with Crippen LogP contribution in [0.2, 0.25) is 5.02 Å². The van der Waals surface area contributed by atoms with E-state index in [1.807, 2.05) is 0 Å². The highest BCUT2D eigenvalue weighted by atomic mass is 35.5. The van der Waals surface area contributed by atoms with Crippen LogP contribution in [0.1, 0.15) is 20.7 Å². The number of benzene rings is 3. The molecule has 3 aromatic rings. The summed E-state index contributed by atoms with van der Waals surface area (Å²) in [5, 5.41) is 3.14. The van der Waals surface area contributed by atoms with Crippen molar-refractivity contribution >= 4 is 29.0 Å². The lowest BCUT2D eigenvalue weighted by Gasteiger charge is -2.10. The van der Waals surface area contributed by atoms with E-state index >= 15 is 0 Å². The zero-order valence-corrected chi connectivity index (χ0v) is 15.9. The van der Waals surface area contributed by atoms with Gasteiger partial charge in [0.15, 0.2) is 12.4 Å². The second kappa shape index (κ2) is 9.06. The second-order valence-electron chi connectivity index (χ2n) is 5.90. The first kappa shape index (κ1) is 19.5. The van der Waals surface area contributed by atoms with Gasteiger partial charge in [0.1, 0.15) is 11.5 Å².